The molecule has 1 unspecified atom stereocenters. The van der Waals surface area contributed by atoms with Crippen LogP contribution >= 0.6 is 11.6 Å². The zero-order valence-corrected chi connectivity index (χ0v) is 12.7. The van der Waals surface area contributed by atoms with Crippen LogP contribution in [0, 0.1) is 5.82 Å². The maximum atomic E-state index is 13.2. The largest absolute Gasteiger partial charge is 0.481 e. The molecule has 1 N–H and O–H groups in total. The molecule has 0 bridgehead atoms. The van der Waals surface area contributed by atoms with Crippen molar-refractivity contribution >= 4 is 27.6 Å². The van der Waals surface area contributed by atoms with Gasteiger partial charge in [0.2, 0.25) is 10.0 Å². The zero-order valence-electron chi connectivity index (χ0n) is 11.1. The minimum absolute atomic E-state index is 0.119. The molecule has 1 aliphatic heterocycles. The van der Waals surface area contributed by atoms with Crippen molar-refractivity contribution < 1.29 is 22.7 Å². The molecule has 1 fully saturated rings. The summed E-state index contributed by atoms with van der Waals surface area (Å²) in [4.78, 5) is 10.8. The van der Waals surface area contributed by atoms with Crippen LogP contribution in [-0.4, -0.2) is 36.4 Å². The van der Waals surface area contributed by atoms with Gasteiger partial charge in [0.15, 0.2) is 0 Å². The molecule has 0 saturated carbocycles. The maximum Gasteiger partial charge on any atom is 0.304 e. The van der Waals surface area contributed by atoms with Crippen LogP contribution in [-0.2, 0) is 14.8 Å². The lowest BCUT2D eigenvalue weighted by atomic mass is 10.0. The van der Waals surface area contributed by atoms with Crippen LogP contribution < -0.4 is 0 Å². The third kappa shape index (κ3) is 3.53. The first-order valence-electron chi connectivity index (χ1n) is 6.51. The van der Waals surface area contributed by atoms with Crippen LogP contribution in [0.4, 0.5) is 4.39 Å². The molecule has 21 heavy (non-hydrogen) atoms. The summed E-state index contributed by atoms with van der Waals surface area (Å²) in [5.74, 6) is -1.74. The lowest BCUT2D eigenvalue weighted by Crippen LogP contribution is -2.44. The van der Waals surface area contributed by atoms with Crippen molar-refractivity contribution in [1.82, 2.24) is 4.31 Å². The van der Waals surface area contributed by atoms with Crippen molar-refractivity contribution in [2.75, 3.05) is 6.54 Å². The number of sulfonamides is 1. The molecule has 1 aromatic carbocycles. The second-order valence-corrected chi connectivity index (χ2v) is 7.24. The van der Waals surface area contributed by atoms with Crippen LogP contribution in [0.5, 0.6) is 0 Å². The van der Waals surface area contributed by atoms with Crippen molar-refractivity contribution in [2.24, 2.45) is 0 Å². The number of aliphatic carboxylic acids is 1. The highest BCUT2D eigenvalue weighted by Crippen LogP contribution is 2.29. The average molecular weight is 336 g/mol. The number of hydrogen-bond donors (Lipinski definition) is 1. The summed E-state index contributed by atoms with van der Waals surface area (Å²) < 4.78 is 39.5. The third-order valence-electron chi connectivity index (χ3n) is 3.48. The van der Waals surface area contributed by atoms with E-state index >= 15 is 0 Å². The molecule has 1 aromatic rings. The fraction of sp³-hybridized carbons (Fsp3) is 0.462. The van der Waals surface area contributed by atoms with Crippen LogP contribution in [0.25, 0.3) is 0 Å². The minimum Gasteiger partial charge on any atom is -0.481 e. The van der Waals surface area contributed by atoms with E-state index in [0.717, 1.165) is 24.6 Å². The predicted octanol–water partition coefficient (Wildman–Crippen LogP) is 2.50. The van der Waals surface area contributed by atoms with E-state index in [4.69, 9.17) is 16.7 Å². The topological polar surface area (TPSA) is 74.7 Å². The van der Waals surface area contributed by atoms with Gasteiger partial charge in [-0.3, -0.25) is 4.79 Å². The average Bonchev–Trinajstić information content (AvgIpc) is 2.41. The smallest absolute Gasteiger partial charge is 0.304 e. The van der Waals surface area contributed by atoms with Gasteiger partial charge in [0, 0.05) is 12.6 Å². The number of benzene rings is 1. The molecule has 0 aliphatic carbocycles. The Morgan fingerprint density at radius 3 is 2.76 bits per heavy atom. The van der Waals surface area contributed by atoms with Gasteiger partial charge in [-0.1, -0.05) is 18.0 Å². The number of rotatable bonds is 4. The number of carbonyl (C=O) groups is 1. The number of nitrogens with zero attached hydrogens (tertiary/aromatic N) is 1. The van der Waals surface area contributed by atoms with Gasteiger partial charge < -0.3 is 5.11 Å². The molecule has 1 heterocycles. The van der Waals surface area contributed by atoms with E-state index in [1.807, 2.05) is 0 Å². The van der Waals surface area contributed by atoms with Crippen molar-refractivity contribution in [3.63, 3.8) is 0 Å². The number of hydrogen-bond acceptors (Lipinski definition) is 3. The summed E-state index contributed by atoms with van der Waals surface area (Å²) in [5, 5.41) is 8.63. The van der Waals surface area contributed by atoms with Crippen molar-refractivity contribution in [3.05, 3.63) is 29.0 Å². The van der Waals surface area contributed by atoms with Crippen LogP contribution in [0.1, 0.15) is 25.7 Å². The van der Waals surface area contributed by atoms with Gasteiger partial charge in [-0.05, 0) is 31.0 Å². The maximum absolute atomic E-state index is 13.2. The Kier molecular flexibility index (Phi) is 4.85. The summed E-state index contributed by atoms with van der Waals surface area (Å²) >= 11 is 5.63. The highest BCUT2D eigenvalue weighted by Gasteiger charge is 2.34. The standard InChI is InChI=1S/C13H15ClFNO4S/c14-11-8-10(4-5-12(11)15)21(19,20)16-6-2-1-3-9(16)7-13(17)18/h4-5,8-9H,1-3,6-7H2,(H,17,18). The molecule has 2 rings (SSSR count). The molecule has 0 aromatic heterocycles. The fourth-order valence-corrected chi connectivity index (χ4v) is 4.43. The van der Waals surface area contributed by atoms with Crippen LogP contribution in [0.3, 0.4) is 0 Å². The molecule has 5 nitrogen and oxygen atoms in total. The second-order valence-electron chi connectivity index (χ2n) is 4.94. The van der Waals surface area contributed by atoms with Gasteiger partial charge in [0.05, 0.1) is 16.3 Å². The molecular weight excluding hydrogens is 321 g/mol. The van der Waals surface area contributed by atoms with E-state index in [2.05, 4.69) is 0 Å². The summed E-state index contributed by atoms with van der Waals surface area (Å²) in [6, 6.07) is 2.61. The van der Waals surface area contributed by atoms with E-state index in [0.29, 0.717) is 12.8 Å². The van der Waals surface area contributed by atoms with Gasteiger partial charge in [-0.2, -0.15) is 4.31 Å². The zero-order chi connectivity index (χ0) is 15.6. The van der Waals surface area contributed by atoms with E-state index in [1.54, 1.807) is 0 Å². The van der Waals surface area contributed by atoms with Crippen molar-refractivity contribution in [2.45, 2.75) is 36.6 Å². The number of piperidine rings is 1. The fourth-order valence-electron chi connectivity index (χ4n) is 2.47. The first-order valence-corrected chi connectivity index (χ1v) is 8.33. The Morgan fingerprint density at radius 2 is 2.14 bits per heavy atom. The molecule has 0 radical (unpaired) electrons. The molecule has 8 heteroatoms. The summed E-state index contributed by atoms with van der Waals surface area (Å²) in [6.07, 6.45) is 1.72. The number of halogens is 2. The van der Waals surface area contributed by atoms with Gasteiger partial charge in [0.25, 0.3) is 0 Å². The van der Waals surface area contributed by atoms with E-state index < -0.39 is 27.9 Å². The van der Waals surface area contributed by atoms with Gasteiger partial charge in [-0.15, -0.1) is 0 Å². The first-order chi connectivity index (χ1) is 9.82. The first kappa shape index (κ1) is 16.2. The summed E-state index contributed by atoms with van der Waals surface area (Å²) in [7, 11) is -3.88. The van der Waals surface area contributed by atoms with Crippen LogP contribution in [0.15, 0.2) is 23.1 Å². The predicted molar refractivity (Wildman–Crippen MR) is 75.2 cm³/mol. The number of carboxylic acid groups (broad SMARTS) is 1. The Labute approximate surface area is 127 Å². The molecule has 1 aliphatic rings. The third-order valence-corrected chi connectivity index (χ3v) is 5.72. The Morgan fingerprint density at radius 1 is 1.43 bits per heavy atom. The molecule has 0 amide bonds. The highest BCUT2D eigenvalue weighted by molar-refractivity contribution is 7.89. The van der Waals surface area contributed by atoms with Crippen molar-refractivity contribution in [3.8, 4) is 0 Å². The Hall–Kier alpha value is -1.18. The summed E-state index contributed by atoms with van der Waals surface area (Å²) in [6.45, 7) is 0.259. The lowest BCUT2D eigenvalue weighted by molar-refractivity contribution is -0.138. The SMILES string of the molecule is O=C(O)CC1CCCCN1S(=O)(=O)c1ccc(F)c(Cl)c1. The normalized spacial score (nSPS) is 20.4. The Balaban J connectivity index is 2.35. The molecule has 1 saturated heterocycles. The quantitative estimate of drug-likeness (QED) is 0.917. The highest BCUT2D eigenvalue weighted by atomic mass is 35.5. The van der Waals surface area contributed by atoms with Gasteiger partial charge >= 0.3 is 5.97 Å². The molecular formula is C13H15ClFNO4S. The molecule has 116 valence electrons. The second kappa shape index (κ2) is 6.29. The molecule has 0 spiro atoms. The van der Waals surface area contributed by atoms with E-state index in [-0.39, 0.29) is 22.9 Å². The Bertz CT molecular complexity index is 650. The van der Waals surface area contributed by atoms with E-state index in [9.17, 15) is 17.6 Å². The van der Waals surface area contributed by atoms with Gasteiger partial charge in [-0.25, -0.2) is 12.8 Å². The lowest BCUT2D eigenvalue weighted by Gasteiger charge is -2.33. The summed E-state index contributed by atoms with van der Waals surface area (Å²) in [5.41, 5.74) is 0. The minimum atomic E-state index is -3.88. The van der Waals surface area contributed by atoms with Gasteiger partial charge in [0.1, 0.15) is 5.82 Å². The molecule has 1 atom stereocenters. The van der Waals surface area contributed by atoms with Crippen LogP contribution in [0.2, 0.25) is 5.02 Å². The monoisotopic (exact) mass is 335 g/mol. The van der Waals surface area contributed by atoms with E-state index in [1.165, 1.54) is 4.31 Å². The van der Waals surface area contributed by atoms with Crippen molar-refractivity contribution in [1.29, 1.82) is 0 Å². The number of carboxylic acids is 1.